The SMILES string of the molecule is Cn1c(C(=O)NCC(C)(C)c2ccc3c(c2)OCO3)cc(Cl)c1Cl. The molecule has 1 aromatic carbocycles. The van der Waals surface area contributed by atoms with Crippen LogP contribution >= 0.6 is 23.2 Å². The van der Waals surface area contributed by atoms with E-state index in [2.05, 4.69) is 19.2 Å². The molecule has 2 aromatic rings. The molecule has 0 atom stereocenters. The van der Waals surface area contributed by atoms with E-state index in [9.17, 15) is 4.79 Å². The quantitative estimate of drug-likeness (QED) is 0.893. The second-order valence-corrected chi connectivity index (χ2v) is 7.13. The Kier molecular flexibility index (Phi) is 4.40. The van der Waals surface area contributed by atoms with Crippen molar-refractivity contribution in [3.8, 4) is 11.5 Å². The predicted octanol–water partition coefficient (Wildman–Crippen LogP) is 3.77. The molecule has 0 radical (unpaired) electrons. The molecule has 7 heteroatoms. The van der Waals surface area contributed by atoms with E-state index in [0.717, 1.165) is 17.1 Å². The number of carbonyl (C=O) groups is 1. The van der Waals surface area contributed by atoms with Crippen LogP contribution in [-0.4, -0.2) is 23.8 Å². The smallest absolute Gasteiger partial charge is 0.268 e. The summed E-state index contributed by atoms with van der Waals surface area (Å²) in [5.41, 5.74) is 1.19. The van der Waals surface area contributed by atoms with Gasteiger partial charge in [0.05, 0.1) is 5.02 Å². The van der Waals surface area contributed by atoms with Gasteiger partial charge in [-0.25, -0.2) is 0 Å². The summed E-state index contributed by atoms with van der Waals surface area (Å²) in [7, 11) is 1.70. The normalized spacial score (nSPS) is 13.2. The molecule has 1 amide bonds. The molecular formula is C17H18Cl2N2O3. The van der Waals surface area contributed by atoms with Crippen LogP contribution in [0.25, 0.3) is 0 Å². The second-order valence-electron chi connectivity index (χ2n) is 6.36. The van der Waals surface area contributed by atoms with Crippen molar-refractivity contribution in [2.24, 2.45) is 7.05 Å². The monoisotopic (exact) mass is 368 g/mol. The lowest BCUT2D eigenvalue weighted by molar-refractivity contribution is 0.0937. The predicted molar refractivity (Wildman–Crippen MR) is 93.4 cm³/mol. The Labute approximate surface area is 150 Å². The third kappa shape index (κ3) is 3.06. The molecule has 0 saturated carbocycles. The van der Waals surface area contributed by atoms with E-state index in [-0.39, 0.29) is 18.1 Å². The third-order valence-corrected chi connectivity index (χ3v) is 5.04. The van der Waals surface area contributed by atoms with Crippen molar-refractivity contribution >= 4 is 29.1 Å². The summed E-state index contributed by atoms with van der Waals surface area (Å²) in [4.78, 5) is 12.4. The van der Waals surface area contributed by atoms with Crippen molar-refractivity contribution in [1.29, 1.82) is 0 Å². The number of ether oxygens (including phenoxy) is 2. The second kappa shape index (κ2) is 6.22. The van der Waals surface area contributed by atoms with Gasteiger partial charge in [-0.15, -0.1) is 0 Å². The molecule has 0 bridgehead atoms. The topological polar surface area (TPSA) is 52.5 Å². The van der Waals surface area contributed by atoms with Gasteiger partial charge >= 0.3 is 0 Å². The Bertz CT molecular complexity index is 799. The summed E-state index contributed by atoms with van der Waals surface area (Å²) in [6, 6.07) is 7.38. The number of hydrogen-bond donors (Lipinski definition) is 1. The molecule has 1 aromatic heterocycles. The summed E-state index contributed by atoms with van der Waals surface area (Å²) in [6.45, 7) is 4.79. The minimum Gasteiger partial charge on any atom is -0.454 e. The van der Waals surface area contributed by atoms with E-state index < -0.39 is 0 Å². The highest BCUT2D eigenvalue weighted by molar-refractivity contribution is 6.41. The minimum atomic E-state index is -0.282. The molecule has 0 fully saturated rings. The molecule has 3 rings (SSSR count). The van der Waals surface area contributed by atoms with E-state index in [1.54, 1.807) is 17.7 Å². The van der Waals surface area contributed by atoms with Crippen molar-refractivity contribution in [3.63, 3.8) is 0 Å². The van der Waals surface area contributed by atoms with Gasteiger partial charge in [-0.2, -0.15) is 0 Å². The maximum absolute atomic E-state index is 12.4. The number of amides is 1. The average Bonchev–Trinajstić information content (AvgIpc) is 3.12. The average molecular weight is 369 g/mol. The molecule has 5 nitrogen and oxygen atoms in total. The first kappa shape index (κ1) is 17.0. The van der Waals surface area contributed by atoms with Gasteiger partial charge in [-0.05, 0) is 23.8 Å². The number of fused-ring (bicyclic) bond motifs is 1. The zero-order valence-corrected chi connectivity index (χ0v) is 15.2. The van der Waals surface area contributed by atoms with Crippen LogP contribution in [-0.2, 0) is 12.5 Å². The Balaban J connectivity index is 1.72. The van der Waals surface area contributed by atoms with E-state index in [1.165, 1.54) is 0 Å². The van der Waals surface area contributed by atoms with Crippen molar-refractivity contribution in [1.82, 2.24) is 9.88 Å². The summed E-state index contributed by atoms with van der Waals surface area (Å²) in [5.74, 6) is 1.25. The highest BCUT2D eigenvalue weighted by atomic mass is 35.5. The van der Waals surface area contributed by atoms with Gasteiger partial charge in [0.15, 0.2) is 11.5 Å². The van der Waals surface area contributed by atoms with E-state index >= 15 is 0 Å². The Morgan fingerprint density at radius 2 is 1.96 bits per heavy atom. The van der Waals surface area contributed by atoms with Gasteiger partial charge in [0.2, 0.25) is 6.79 Å². The summed E-state index contributed by atoms with van der Waals surface area (Å²) in [6.07, 6.45) is 0. The molecular weight excluding hydrogens is 351 g/mol. The molecule has 2 heterocycles. The van der Waals surface area contributed by atoms with Crippen LogP contribution < -0.4 is 14.8 Å². The number of hydrogen-bond acceptors (Lipinski definition) is 3. The molecule has 0 aliphatic carbocycles. The van der Waals surface area contributed by atoms with Gasteiger partial charge in [-0.3, -0.25) is 4.79 Å². The Hall–Kier alpha value is -1.85. The summed E-state index contributed by atoms with van der Waals surface area (Å²) in [5, 5.41) is 3.64. The number of carbonyl (C=O) groups excluding carboxylic acids is 1. The molecule has 1 aliphatic heterocycles. The fourth-order valence-electron chi connectivity index (χ4n) is 2.57. The lowest BCUT2D eigenvalue weighted by Crippen LogP contribution is -2.37. The van der Waals surface area contributed by atoms with E-state index in [4.69, 9.17) is 32.7 Å². The van der Waals surface area contributed by atoms with Crippen molar-refractivity contribution in [2.45, 2.75) is 19.3 Å². The first-order valence-corrected chi connectivity index (χ1v) is 8.24. The fraction of sp³-hybridized carbons (Fsp3) is 0.353. The number of benzene rings is 1. The first-order chi connectivity index (χ1) is 11.3. The number of rotatable bonds is 4. The molecule has 1 N–H and O–H groups in total. The van der Waals surface area contributed by atoms with Crippen LogP contribution in [0.5, 0.6) is 11.5 Å². The maximum Gasteiger partial charge on any atom is 0.268 e. The van der Waals surface area contributed by atoms with Crippen LogP contribution in [0.4, 0.5) is 0 Å². The number of nitrogens with zero attached hydrogens (tertiary/aromatic N) is 1. The molecule has 0 spiro atoms. The Morgan fingerprint density at radius 3 is 2.62 bits per heavy atom. The molecule has 0 saturated heterocycles. The fourth-order valence-corrected chi connectivity index (χ4v) is 2.95. The van der Waals surface area contributed by atoms with Gasteiger partial charge in [-0.1, -0.05) is 43.1 Å². The highest BCUT2D eigenvalue weighted by Gasteiger charge is 2.25. The summed E-state index contributed by atoms with van der Waals surface area (Å²) >= 11 is 12.0. The van der Waals surface area contributed by atoms with Crippen LogP contribution in [0, 0.1) is 0 Å². The highest BCUT2D eigenvalue weighted by Crippen LogP contribution is 2.36. The van der Waals surface area contributed by atoms with Gasteiger partial charge in [0, 0.05) is 19.0 Å². The lowest BCUT2D eigenvalue weighted by atomic mass is 9.84. The molecule has 0 unspecified atom stereocenters. The Morgan fingerprint density at radius 1 is 1.25 bits per heavy atom. The standard InChI is InChI=1S/C17H18Cl2N2O3/c1-17(2,10-4-5-13-14(6-10)24-9-23-13)8-20-16(22)12-7-11(18)15(19)21(12)3/h4-7H,8-9H2,1-3H3,(H,20,22). The largest absolute Gasteiger partial charge is 0.454 e. The number of halogens is 2. The zero-order chi connectivity index (χ0) is 17.5. The van der Waals surface area contributed by atoms with Crippen molar-refractivity contribution < 1.29 is 14.3 Å². The minimum absolute atomic E-state index is 0.222. The van der Waals surface area contributed by atoms with Crippen LogP contribution in [0.1, 0.15) is 29.9 Å². The third-order valence-electron chi connectivity index (χ3n) is 4.19. The van der Waals surface area contributed by atoms with E-state index in [0.29, 0.717) is 22.4 Å². The lowest BCUT2D eigenvalue weighted by Gasteiger charge is -2.26. The molecule has 128 valence electrons. The maximum atomic E-state index is 12.4. The first-order valence-electron chi connectivity index (χ1n) is 7.48. The van der Waals surface area contributed by atoms with Crippen molar-refractivity contribution in [2.75, 3.05) is 13.3 Å². The molecule has 24 heavy (non-hydrogen) atoms. The van der Waals surface area contributed by atoms with Gasteiger partial charge in [0.1, 0.15) is 10.8 Å². The number of nitrogens with one attached hydrogen (secondary N) is 1. The van der Waals surface area contributed by atoms with Crippen LogP contribution in [0.3, 0.4) is 0 Å². The van der Waals surface area contributed by atoms with Gasteiger partial charge in [0.25, 0.3) is 5.91 Å². The van der Waals surface area contributed by atoms with Gasteiger partial charge < -0.3 is 19.4 Å². The zero-order valence-electron chi connectivity index (χ0n) is 13.7. The van der Waals surface area contributed by atoms with Crippen LogP contribution in [0.2, 0.25) is 10.2 Å². The van der Waals surface area contributed by atoms with Crippen LogP contribution in [0.15, 0.2) is 24.3 Å². The summed E-state index contributed by atoms with van der Waals surface area (Å²) < 4.78 is 12.3. The number of aromatic nitrogens is 1. The van der Waals surface area contributed by atoms with Crippen molar-refractivity contribution in [3.05, 3.63) is 45.7 Å². The van der Waals surface area contributed by atoms with E-state index in [1.807, 2.05) is 18.2 Å². The molecule has 1 aliphatic rings.